The number of imide groups is 1. The van der Waals surface area contributed by atoms with Crippen LogP contribution in [0.25, 0.3) is 0 Å². The summed E-state index contributed by atoms with van der Waals surface area (Å²) in [5, 5.41) is 0. The maximum atomic E-state index is 11.4. The highest BCUT2D eigenvalue weighted by Crippen LogP contribution is 2.29. The normalized spacial score (nSPS) is 15.2. The number of anilines is 1. The second-order valence-corrected chi connectivity index (χ2v) is 4.15. The van der Waals surface area contributed by atoms with Crippen molar-refractivity contribution in [2.24, 2.45) is 0 Å². The van der Waals surface area contributed by atoms with Gasteiger partial charge in [-0.3, -0.25) is 9.59 Å². The van der Waals surface area contributed by atoms with Crippen LogP contribution in [0.5, 0.6) is 0 Å². The minimum Gasteiger partial charge on any atom is -0.269 e. The lowest BCUT2D eigenvalue weighted by Crippen LogP contribution is -2.29. The Balaban J connectivity index is 2.50. The lowest BCUT2D eigenvalue weighted by atomic mass is 10.2. The number of hydrogen-bond donors (Lipinski definition) is 0. The Labute approximate surface area is 95.5 Å². The quantitative estimate of drug-likeness (QED) is 0.730. The number of amides is 2. The van der Waals surface area contributed by atoms with E-state index >= 15 is 0 Å². The Bertz CT molecular complexity index is 461. The van der Waals surface area contributed by atoms with Gasteiger partial charge in [0.2, 0.25) is 0 Å². The summed E-state index contributed by atoms with van der Waals surface area (Å²) in [6.45, 7) is 1.91. The molecular weight excluding hydrogens is 258 g/mol. The minimum atomic E-state index is -0.300. The van der Waals surface area contributed by atoms with Crippen LogP contribution in [0.1, 0.15) is 5.56 Å². The van der Waals surface area contributed by atoms with Gasteiger partial charge in [-0.15, -0.1) is 0 Å². The summed E-state index contributed by atoms with van der Waals surface area (Å²) >= 11 is 3.32. The Morgan fingerprint density at radius 3 is 2.33 bits per heavy atom. The number of benzene rings is 1. The molecule has 15 heavy (non-hydrogen) atoms. The molecule has 1 heterocycles. The van der Waals surface area contributed by atoms with Crippen LogP contribution in [0, 0.1) is 6.92 Å². The van der Waals surface area contributed by atoms with Crippen LogP contribution >= 0.6 is 15.9 Å². The number of rotatable bonds is 1. The topological polar surface area (TPSA) is 37.4 Å². The third-order valence-corrected chi connectivity index (χ3v) is 2.82. The third kappa shape index (κ3) is 1.72. The predicted octanol–water partition coefficient (Wildman–Crippen LogP) is 2.19. The fourth-order valence-corrected chi connectivity index (χ4v) is 1.86. The van der Waals surface area contributed by atoms with E-state index in [1.165, 1.54) is 12.2 Å². The molecule has 1 aliphatic rings. The van der Waals surface area contributed by atoms with Gasteiger partial charge in [0, 0.05) is 16.6 Å². The summed E-state index contributed by atoms with van der Waals surface area (Å²) in [5.41, 5.74) is 1.59. The van der Waals surface area contributed by atoms with E-state index in [0.29, 0.717) is 5.69 Å². The number of halogens is 1. The lowest BCUT2D eigenvalue weighted by molar-refractivity contribution is -0.119. The molecule has 0 saturated carbocycles. The highest BCUT2D eigenvalue weighted by atomic mass is 79.9. The highest BCUT2D eigenvalue weighted by Gasteiger charge is 2.26. The summed E-state index contributed by atoms with van der Waals surface area (Å²) < 4.78 is 0.735. The number of hydrogen-bond acceptors (Lipinski definition) is 2. The molecule has 0 spiro atoms. The van der Waals surface area contributed by atoms with Crippen LogP contribution in [0.2, 0.25) is 0 Å². The van der Waals surface area contributed by atoms with E-state index < -0.39 is 0 Å². The molecule has 1 aromatic rings. The van der Waals surface area contributed by atoms with Crippen LogP contribution in [0.15, 0.2) is 34.8 Å². The maximum absolute atomic E-state index is 11.4. The number of aryl methyl sites for hydroxylation is 1. The molecular formula is C11H8BrNO2. The molecule has 0 N–H and O–H groups in total. The molecule has 3 nitrogen and oxygen atoms in total. The van der Waals surface area contributed by atoms with Gasteiger partial charge in [0.1, 0.15) is 0 Å². The van der Waals surface area contributed by atoms with Crippen molar-refractivity contribution in [3.63, 3.8) is 0 Å². The largest absolute Gasteiger partial charge is 0.269 e. The van der Waals surface area contributed by atoms with Gasteiger partial charge in [0.15, 0.2) is 0 Å². The molecule has 0 radical (unpaired) electrons. The number of carbonyl (C=O) groups is 2. The first-order chi connectivity index (χ1) is 7.09. The second kappa shape index (κ2) is 3.62. The zero-order valence-electron chi connectivity index (χ0n) is 8.03. The number of carbonyl (C=O) groups excluding carboxylic acids is 2. The average molecular weight is 266 g/mol. The van der Waals surface area contributed by atoms with Crippen molar-refractivity contribution in [1.29, 1.82) is 0 Å². The molecule has 0 atom stereocenters. The van der Waals surface area contributed by atoms with Gasteiger partial charge in [0.05, 0.1) is 5.69 Å². The summed E-state index contributed by atoms with van der Waals surface area (Å²) in [5.74, 6) is -0.599. The van der Waals surface area contributed by atoms with Gasteiger partial charge in [-0.2, -0.15) is 0 Å². The van der Waals surface area contributed by atoms with Crippen LogP contribution in [0.3, 0.4) is 0 Å². The maximum Gasteiger partial charge on any atom is 0.258 e. The van der Waals surface area contributed by atoms with Crippen molar-refractivity contribution in [1.82, 2.24) is 0 Å². The molecule has 0 aromatic heterocycles. The molecule has 76 valence electrons. The van der Waals surface area contributed by atoms with Crippen LogP contribution in [-0.4, -0.2) is 11.8 Å². The highest BCUT2D eigenvalue weighted by molar-refractivity contribution is 9.10. The van der Waals surface area contributed by atoms with Gasteiger partial charge in [0.25, 0.3) is 11.8 Å². The van der Waals surface area contributed by atoms with E-state index in [-0.39, 0.29) is 11.8 Å². The minimum absolute atomic E-state index is 0.300. The van der Waals surface area contributed by atoms with Gasteiger partial charge >= 0.3 is 0 Å². The smallest absolute Gasteiger partial charge is 0.258 e. The standard InChI is InChI=1S/C11H8BrNO2/c1-7-2-3-8(12)9(6-7)13-10(14)4-5-11(13)15/h2-6H,1H3. The molecule has 0 unspecified atom stereocenters. The Morgan fingerprint density at radius 1 is 1.13 bits per heavy atom. The Hall–Kier alpha value is -1.42. The van der Waals surface area contributed by atoms with Gasteiger partial charge in [-0.05, 0) is 40.5 Å². The van der Waals surface area contributed by atoms with Crippen molar-refractivity contribution in [3.8, 4) is 0 Å². The zero-order valence-corrected chi connectivity index (χ0v) is 9.61. The van der Waals surface area contributed by atoms with E-state index in [0.717, 1.165) is 14.9 Å². The summed E-state index contributed by atoms with van der Waals surface area (Å²) in [7, 11) is 0. The summed E-state index contributed by atoms with van der Waals surface area (Å²) in [6, 6.07) is 5.53. The predicted molar refractivity (Wildman–Crippen MR) is 60.5 cm³/mol. The zero-order chi connectivity index (χ0) is 11.0. The molecule has 0 saturated heterocycles. The third-order valence-electron chi connectivity index (χ3n) is 2.15. The van der Waals surface area contributed by atoms with Crippen molar-refractivity contribution in [3.05, 3.63) is 40.4 Å². The first kappa shape index (κ1) is 10.1. The SMILES string of the molecule is Cc1ccc(Br)c(N2C(=O)C=CC2=O)c1. The molecule has 0 aliphatic carbocycles. The molecule has 0 fully saturated rings. The van der Waals surface area contributed by atoms with Crippen molar-refractivity contribution in [2.75, 3.05) is 4.90 Å². The fraction of sp³-hybridized carbons (Fsp3) is 0.0909. The van der Waals surface area contributed by atoms with Crippen LogP contribution < -0.4 is 4.90 Å². The molecule has 4 heteroatoms. The first-order valence-electron chi connectivity index (χ1n) is 4.42. The number of nitrogens with zero attached hydrogens (tertiary/aromatic N) is 1. The molecule has 1 aliphatic heterocycles. The Kier molecular flexibility index (Phi) is 2.44. The molecule has 2 rings (SSSR count). The van der Waals surface area contributed by atoms with Gasteiger partial charge < -0.3 is 0 Å². The van der Waals surface area contributed by atoms with Crippen molar-refractivity contribution in [2.45, 2.75) is 6.92 Å². The Morgan fingerprint density at radius 2 is 1.73 bits per heavy atom. The van der Waals surface area contributed by atoms with E-state index in [9.17, 15) is 9.59 Å². The van der Waals surface area contributed by atoms with Crippen LogP contribution in [-0.2, 0) is 9.59 Å². The van der Waals surface area contributed by atoms with Crippen LogP contribution in [0.4, 0.5) is 5.69 Å². The van der Waals surface area contributed by atoms with Crippen molar-refractivity contribution >= 4 is 33.4 Å². The van der Waals surface area contributed by atoms with Gasteiger partial charge in [-0.25, -0.2) is 4.90 Å². The second-order valence-electron chi connectivity index (χ2n) is 3.30. The molecule has 2 amide bonds. The van der Waals surface area contributed by atoms with E-state index in [4.69, 9.17) is 0 Å². The van der Waals surface area contributed by atoms with E-state index in [2.05, 4.69) is 15.9 Å². The summed E-state index contributed by atoms with van der Waals surface area (Å²) in [4.78, 5) is 24.0. The van der Waals surface area contributed by atoms with E-state index in [1.54, 1.807) is 6.07 Å². The average Bonchev–Trinajstić information content (AvgIpc) is 2.51. The van der Waals surface area contributed by atoms with E-state index in [1.807, 2.05) is 19.1 Å². The summed E-state index contributed by atoms with van der Waals surface area (Å²) in [6.07, 6.45) is 2.55. The van der Waals surface area contributed by atoms with Gasteiger partial charge in [-0.1, -0.05) is 6.07 Å². The first-order valence-corrected chi connectivity index (χ1v) is 5.21. The molecule has 1 aromatic carbocycles. The monoisotopic (exact) mass is 265 g/mol. The lowest BCUT2D eigenvalue weighted by Gasteiger charge is -2.16. The molecule has 0 bridgehead atoms. The van der Waals surface area contributed by atoms with Crippen molar-refractivity contribution < 1.29 is 9.59 Å². The fourth-order valence-electron chi connectivity index (χ4n) is 1.43.